The molecule has 0 aliphatic rings. The maximum absolute atomic E-state index is 5.85. The van der Waals surface area contributed by atoms with E-state index in [-0.39, 0.29) is 4.87 Å². The van der Waals surface area contributed by atoms with Crippen molar-refractivity contribution in [1.29, 1.82) is 0 Å². The van der Waals surface area contributed by atoms with Gasteiger partial charge in [-0.25, -0.2) is 0 Å². The van der Waals surface area contributed by atoms with Crippen LogP contribution in [0.2, 0.25) is 0 Å². The van der Waals surface area contributed by atoms with Crippen LogP contribution in [-0.2, 0) is 0 Å². The van der Waals surface area contributed by atoms with Crippen molar-refractivity contribution in [2.75, 3.05) is 5.75 Å². The van der Waals surface area contributed by atoms with E-state index in [1.54, 1.807) is 11.8 Å². The molecule has 1 atom stereocenters. The van der Waals surface area contributed by atoms with Crippen molar-refractivity contribution in [3.05, 3.63) is 12.7 Å². The van der Waals surface area contributed by atoms with Crippen LogP contribution in [0.15, 0.2) is 12.7 Å². The van der Waals surface area contributed by atoms with Crippen LogP contribution in [0, 0.1) is 0 Å². The van der Waals surface area contributed by atoms with Gasteiger partial charge in [0.2, 0.25) is 0 Å². The van der Waals surface area contributed by atoms with Crippen LogP contribution >= 0.6 is 45.0 Å². The zero-order valence-electron chi connectivity index (χ0n) is 6.32. The van der Waals surface area contributed by atoms with Crippen LogP contribution in [0.25, 0.3) is 0 Å². The smallest absolute Gasteiger partial charge is 0.154 e. The highest BCUT2D eigenvalue weighted by Crippen LogP contribution is 2.34. The first-order valence-electron chi connectivity index (χ1n) is 3.31. The van der Waals surface area contributed by atoms with Crippen molar-refractivity contribution < 1.29 is 0 Å². The molecule has 0 aromatic rings. The molecular weight excluding hydrogens is 239 g/mol. The first-order chi connectivity index (χ1) is 5.02. The van der Waals surface area contributed by atoms with Crippen LogP contribution < -0.4 is 0 Å². The van der Waals surface area contributed by atoms with E-state index in [4.69, 9.17) is 33.2 Å². The molecule has 1 unspecified atom stereocenters. The van der Waals surface area contributed by atoms with Crippen LogP contribution in [0.1, 0.15) is 13.3 Å². The highest BCUT2D eigenvalue weighted by molar-refractivity contribution is 8.04. The Kier molecular flexibility index (Phi) is 6.38. The van der Waals surface area contributed by atoms with Crippen LogP contribution in [-0.4, -0.2) is 16.6 Å². The minimum atomic E-state index is -2.49. The maximum atomic E-state index is 5.85. The molecule has 0 bridgehead atoms. The summed E-state index contributed by atoms with van der Waals surface area (Å²) in [7, 11) is 0. The molecule has 5 heteroatoms. The molecule has 11 heavy (non-hydrogen) atoms. The van der Waals surface area contributed by atoms with Gasteiger partial charge in [-0.1, -0.05) is 13.0 Å². The van der Waals surface area contributed by atoms with E-state index in [0.717, 1.165) is 12.2 Å². The number of hydrogen-bond acceptors (Lipinski definition) is 1. The van der Waals surface area contributed by atoms with Crippen molar-refractivity contribution in [2.45, 2.75) is 18.2 Å². The van der Waals surface area contributed by atoms with Crippen molar-refractivity contribution in [3.8, 4) is 0 Å². The highest BCUT2D eigenvalue weighted by atomic mass is 35.8. The summed E-state index contributed by atoms with van der Waals surface area (Å²) in [4.78, 5) is 0.200. The molecule has 0 amide bonds. The number of hydrogen-bond donors (Lipinski definition) is 0. The quantitative estimate of drug-likeness (QED) is 0.405. The number of thioether (sulfide) groups is 1. The molecule has 0 aromatic heterocycles. The zero-order valence-corrected chi connectivity index (χ0v) is 10.4. The van der Waals surface area contributed by atoms with E-state index in [1.807, 2.05) is 13.0 Å². The second-order valence-corrected chi connectivity index (χ2v) is 12.6. The summed E-state index contributed by atoms with van der Waals surface area (Å²) in [5.41, 5.74) is 0. The fraction of sp³-hybridized carbons (Fsp3) is 0.667. The van der Waals surface area contributed by atoms with Gasteiger partial charge in [0.1, 0.15) is 0 Å². The normalized spacial score (nSPS) is 14.5. The Morgan fingerprint density at radius 2 is 2.09 bits per heavy atom. The molecule has 0 rings (SSSR count). The zero-order chi connectivity index (χ0) is 8.91. The summed E-state index contributed by atoms with van der Waals surface area (Å²) in [6.45, 7) is 5.65. The molecular formula is C6H11Cl3SSi. The van der Waals surface area contributed by atoms with Gasteiger partial charge in [-0.05, 0) is 6.42 Å². The molecule has 0 N–H and O–H groups in total. The Morgan fingerprint density at radius 1 is 1.55 bits per heavy atom. The van der Waals surface area contributed by atoms with Crippen LogP contribution in [0.3, 0.4) is 0 Å². The Bertz CT molecular complexity index is 123. The second-order valence-electron chi connectivity index (χ2n) is 2.06. The molecule has 0 spiro atoms. The number of halogens is 3. The first kappa shape index (κ1) is 12.2. The average molecular weight is 250 g/mol. The molecule has 0 nitrogen and oxygen atoms in total. The maximum Gasteiger partial charge on any atom is 0.353 e. The Hall–Kier alpha value is 1.18. The lowest BCUT2D eigenvalue weighted by atomic mass is 10.6. The largest absolute Gasteiger partial charge is 0.353 e. The van der Waals surface area contributed by atoms with Gasteiger partial charge < -0.3 is 0 Å². The predicted octanol–water partition coefficient (Wildman–Crippen LogP) is 3.88. The van der Waals surface area contributed by atoms with Crippen LogP contribution in [0.5, 0.6) is 0 Å². The van der Waals surface area contributed by atoms with Crippen molar-refractivity contribution in [1.82, 2.24) is 0 Å². The molecule has 0 heterocycles. The average Bonchev–Trinajstić information content (AvgIpc) is 1.87. The fourth-order valence-electron chi connectivity index (χ4n) is 0.628. The minimum Gasteiger partial charge on any atom is -0.154 e. The molecule has 0 radical (unpaired) electrons. The first-order valence-corrected chi connectivity index (χ1v) is 9.47. The SMILES string of the molecule is C=CCSC(CC)[Si](Cl)(Cl)Cl. The summed E-state index contributed by atoms with van der Waals surface area (Å²) >= 11 is 19.2. The monoisotopic (exact) mass is 248 g/mol. The summed E-state index contributed by atoms with van der Waals surface area (Å²) in [6, 6.07) is -2.49. The fourth-order valence-corrected chi connectivity index (χ4v) is 5.83. The minimum absolute atomic E-state index is 0.200. The summed E-state index contributed by atoms with van der Waals surface area (Å²) in [5, 5.41) is 0. The summed E-state index contributed by atoms with van der Waals surface area (Å²) < 4.78 is 0. The molecule has 0 fully saturated rings. The van der Waals surface area contributed by atoms with Gasteiger partial charge >= 0.3 is 6.00 Å². The van der Waals surface area contributed by atoms with Crippen molar-refractivity contribution >= 4 is 51.0 Å². The van der Waals surface area contributed by atoms with E-state index < -0.39 is 6.00 Å². The highest BCUT2D eigenvalue weighted by Gasteiger charge is 2.35. The Balaban J connectivity index is 3.85. The van der Waals surface area contributed by atoms with Gasteiger partial charge in [-0.3, -0.25) is 0 Å². The topological polar surface area (TPSA) is 0 Å². The second kappa shape index (κ2) is 5.76. The Labute approximate surface area is 87.4 Å². The third kappa shape index (κ3) is 5.42. The molecule has 66 valence electrons. The Morgan fingerprint density at radius 3 is 2.36 bits per heavy atom. The van der Waals surface area contributed by atoms with Crippen LogP contribution in [0.4, 0.5) is 0 Å². The number of rotatable bonds is 5. The standard InChI is InChI=1S/C6H11Cl3SSi/c1-3-5-10-6(4-2)11(7,8)9/h3,6H,1,4-5H2,2H3. The van der Waals surface area contributed by atoms with Gasteiger partial charge in [0.25, 0.3) is 0 Å². The third-order valence-corrected chi connectivity index (χ3v) is 8.55. The predicted molar refractivity (Wildman–Crippen MR) is 60.0 cm³/mol. The van der Waals surface area contributed by atoms with Gasteiger partial charge in [0, 0.05) is 10.6 Å². The van der Waals surface area contributed by atoms with Gasteiger partial charge in [0.15, 0.2) is 0 Å². The lowest BCUT2D eigenvalue weighted by molar-refractivity contribution is 1.04. The lowest BCUT2D eigenvalue weighted by Crippen LogP contribution is -2.27. The molecule has 0 saturated heterocycles. The molecule has 0 aromatic carbocycles. The molecule has 0 aliphatic carbocycles. The van der Waals surface area contributed by atoms with E-state index in [2.05, 4.69) is 6.58 Å². The van der Waals surface area contributed by atoms with E-state index in [1.165, 1.54) is 0 Å². The van der Waals surface area contributed by atoms with Gasteiger partial charge in [-0.2, -0.15) is 11.8 Å². The van der Waals surface area contributed by atoms with E-state index in [9.17, 15) is 0 Å². The van der Waals surface area contributed by atoms with Gasteiger partial charge in [-0.15, -0.1) is 39.8 Å². The van der Waals surface area contributed by atoms with Gasteiger partial charge in [0.05, 0.1) is 0 Å². The third-order valence-electron chi connectivity index (χ3n) is 1.15. The lowest BCUT2D eigenvalue weighted by Gasteiger charge is -2.18. The molecule has 0 saturated carbocycles. The molecule has 0 aliphatic heterocycles. The summed E-state index contributed by atoms with van der Waals surface area (Å²) in [6.07, 6.45) is 2.75. The van der Waals surface area contributed by atoms with E-state index in [0.29, 0.717) is 0 Å². The summed E-state index contributed by atoms with van der Waals surface area (Å²) in [5.74, 6) is 0.861. The van der Waals surface area contributed by atoms with Crippen molar-refractivity contribution in [3.63, 3.8) is 0 Å². The van der Waals surface area contributed by atoms with E-state index >= 15 is 0 Å². The van der Waals surface area contributed by atoms with Crippen molar-refractivity contribution in [2.24, 2.45) is 0 Å².